The first-order chi connectivity index (χ1) is 11.1. The minimum atomic E-state index is -1.00. The van der Waals surface area contributed by atoms with Crippen LogP contribution in [0.4, 0.5) is 0 Å². The third-order valence-electron chi connectivity index (χ3n) is 9.61. The monoisotopic (exact) mass is 332 g/mol. The van der Waals surface area contributed by atoms with E-state index in [9.17, 15) is 14.7 Å². The predicted molar refractivity (Wildman–Crippen MR) is 87.1 cm³/mol. The highest BCUT2D eigenvalue weighted by Crippen LogP contribution is 2.86. The largest absolute Gasteiger partial charge is 0.385 e. The van der Waals surface area contributed by atoms with Crippen molar-refractivity contribution in [2.45, 2.75) is 71.7 Å². The molecule has 4 aliphatic carbocycles. The Morgan fingerprint density at radius 2 is 1.92 bits per heavy atom. The fraction of sp³-hybridized carbons (Fsp3) is 0.900. The van der Waals surface area contributed by atoms with Gasteiger partial charge in [0.2, 0.25) is 0 Å². The lowest BCUT2D eigenvalue weighted by molar-refractivity contribution is -0.138. The Morgan fingerprint density at radius 1 is 1.25 bits per heavy atom. The van der Waals surface area contributed by atoms with Crippen LogP contribution < -0.4 is 0 Å². The summed E-state index contributed by atoms with van der Waals surface area (Å²) in [5.74, 6) is 1.07. The van der Waals surface area contributed by atoms with E-state index in [1.807, 2.05) is 6.92 Å². The van der Waals surface area contributed by atoms with Crippen molar-refractivity contribution < 1.29 is 19.4 Å². The van der Waals surface area contributed by atoms with Crippen molar-refractivity contribution in [1.29, 1.82) is 0 Å². The molecule has 4 nitrogen and oxygen atoms in total. The molecule has 0 bridgehead atoms. The van der Waals surface area contributed by atoms with E-state index in [-0.39, 0.29) is 34.9 Å². The topological polar surface area (TPSA) is 66.9 Å². The first-order valence-electron chi connectivity index (χ1n) is 9.55. The maximum atomic E-state index is 13.4. The molecular weight excluding hydrogens is 304 g/mol. The third kappa shape index (κ3) is 1.07. The molecule has 1 N–H and O–H groups in total. The van der Waals surface area contributed by atoms with Crippen molar-refractivity contribution in [2.75, 3.05) is 0 Å². The number of rotatable bonds is 1. The molecule has 0 aromatic carbocycles. The Morgan fingerprint density at radius 3 is 2.54 bits per heavy atom. The van der Waals surface area contributed by atoms with Crippen LogP contribution >= 0.6 is 0 Å². The maximum absolute atomic E-state index is 13.4. The summed E-state index contributed by atoms with van der Waals surface area (Å²) in [4.78, 5) is 25.9. The quantitative estimate of drug-likeness (QED) is 0.749. The van der Waals surface area contributed by atoms with Crippen molar-refractivity contribution in [2.24, 2.45) is 39.9 Å². The van der Waals surface area contributed by atoms with Gasteiger partial charge in [0.1, 0.15) is 17.8 Å². The van der Waals surface area contributed by atoms with Crippen molar-refractivity contribution >= 4 is 11.6 Å². The molecule has 4 heteroatoms. The van der Waals surface area contributed by atoms with Crippen LogP contribution in [0.15, 0.2) is 0 Å². The summed E-state index contributed by atoms with van der Waals surface area (Å²) in [6.07, 6.45) is 1.48. The van der Waals surface area contributed by atoms with Crippen LogP contribution in [0.2, 0.25) is 0 Å². The van der Waals surface area contributed by atoms with Crippen LogP contribution in [0.1, 0.15) is 53.9 Å². The summed E-state index contributed by atoms with van der Waals surface area (Å²) in [5, 5.41) is 11.2. The number of carbonyl (C=O) groups is 2. The van der Waals surface area contributed by atoms with E-state index in [4.69, 9.17) is 4.74 Å². The average molecular weight is 332 g/mol. The zero-order chi connectivity index (χ0) is 17.4. The second-order valence-corrected chi connectivity index (χ2v) is 9.94. The molecular formula is C20H28O4. The number of aliphatic hydroxyl groups excluding tert-OH is 1. The number of hydrogen-bond donors (Lipinski definition) is 1. The fourth-order valence-electron chi connectivity index (χ4n) is 8.45. The molecule has 0 radical (unpaired) electrons. The molecule has 5 rings (SSSR count). The van der Waals surface area contributed by atoms with Crippen molar-refractivity contribution in [1.82, 2.24) is 0 Å². The molecule has 1 saturated heterocycles. The zero-order valence-electron chi connectivity index (χ0n) is 15.3. The molecule has 5 aliphatic rings. The average Bonchev–Trinajstić information content (AvgIpc) is 3.05. The molecule has 24 heavy (non-hydrogen) atoms. The fourth-order valence-corrected chi connectivity index (χ4v) is 8.45. The van der Waals surface area contributed by atoms with Crippen LogP contribution in [-0.2, 0) is 14.3 Å². The van der Waals surface area contributed by atoms with E-state index in [0.717, 1.165) is 19.3 Å². The first kappa shape index (κ1) is 15.5. The molecule has 0 aromatic rings. The number of carbonyl (C=O) groups excluding carboxylic acids is 2. The lowest BCUT2D eigenvalue weighted by Gasteiger charge is -2.46. The molecule has 132 valence electrons. The van der Waals surface area contributed by atoms with Gasteiger partial charge in [-0.1, -0.05) is 34.6 Å². The lowest BCUT2D eigenvalue weighted by Crippen LogP contribution is -2.50. The second-order valence-electron chi connectivity index (χ2n) is 9.94. The minimum absolute atomic E-state index is 0.00907. The summed E-state index contributed by atoms with van der Waals surface area (Å²) in [5.41, 5.74) is -1.92. The van der Waals surface area contributed by atoms with Crippen molar-refractivity contribution in [3.63, 3.8) is 0 Å². The van der Waals surface area contributed by atoms with Gasteiger partial charge in [-0.3, -0.25) is 9.59 Å². The molecule has 0 amide bonds. The Balaban J connectivity index is 1.74. The molecule has 2 spiro atoms. The van der Waals surface area contributed by atoms with Gasteiger partial charge in [0.25, 0.3) is 0 Å². The molecule has 1 heterocycles. The predicted octanol–water partition coefficient (Wildman–Crippen LogP) is 2.37. The van der Waals surface area contributed by atoms with Crippen LogP contribution in [-0.4, -0.2) is 34.5 Å². The van der Waals surface area contributed by atoms with Gasteiger partial charge in [-0.15, -0.1) is 0 Å². The Hall–Kier alpha value is -0.740. The highest BCUT2D eigenvalue weighted by molar-refractivity contribution is 5.99. The molecule has 1 aliphatic heterocycles. The van der Waals surface area contributed by atoms with Crippen LogP contribution in [0.3, 0.4) is 0 Å². The summed E-state index contributed by atoms with van der Waals surface area (Å²) in [7, 11) is 0. The van der Waals surface area contributed by atoms with Gasteiger partial charge in [0.15, 0.2) is 11.6 Å². The normalized spacial score (nSPS) is 63.5. The van der Waals surface area contributed by atoms with E-state index < -0.39 is 22.5 Å². The number of Topliss-reactive ketones (excluding diaryl/α,β-unsaturated/α-hetero) is 2. The summed E-state index contributed by atoms with van der Waals surface area (Å²) < 4.78 is 6.06. The smallest absolute Gasteiger partial charge is 0.168 e. The van der Waals surface area contributed by atoms with Gasteiger partial charge in [0.05, 0.1) is 0 Å². The van der Waals surface area contributed by atoms with Gasteiger partial charge >= 0.3 is 0 Å². The number of aliphatic hydroxyl groups is 1. The number of epoxide rings is 1. The van der Waals surface area contributed by atoms with E-state index in [2.05, 4.69) is 27.7 Å². The number of hydrogen-bond acceptors (Lipinski definition) is 4. The van der Waals surface area contributed by atoms with Crippen molar-refractivity contribution in [3.05, 3.63) is 0 Å². The Kier molecular flexibility index (Phi) is 2.47. The van der Waals surface area contributed by atoms with E-state index in [0.29, 0.717) is 11.8 Å². The summed E-state index contributed by atoms with van der Waals surface area (Å²) >= 11 is 0. The highest BCUT2D eigenvalue weighted by atomic mass is 16.6. The number of ether oxygens (including phenoxy) is 1. The van der Waals surface area contributed by atoms with Gasteiger partial charge in [-0.2, -0.15) is 0 Å². The van der Waals surface area contributed by atoms with Crippen LogP contribution in [0.5, 0.6) is 0 Å². The minimum Gasteiger partial charge on any atom is -0.385 e. The third-order valence-corrected chi connectivity index (χ3v) is 9.61. The Labute approximate surface area is 143 Å². The molecule has 0 aromatic heterocycles. The second kappa shape index (κ2) is 3.83. The standard InChI is InChI=1S/C20H28O4/c1-9(2)11-6-7-19-8-12-10(3)13(21)16-20(12,24-16)18(19,5)15(23)14(22)17(11,19)4/h9-12,15-16,23H,6-8H2,1-5H3/t10-,11+,12+,15-,16+,17-,18-,19+,20-/m0/s1. The summed E-state index contributed by atoms with van der Waals surface area (Å²) in [6, 6.07) is 0. The Bertz CT molecular complexity index is 685. The van der Waals surface area contributed by atoms with E-state index in [1.165, 1.54) is 0 Å². The summed E-state index contributed by atoms with van der Waals surface area (Å²) in [6.45, 7) is 10.6. The van der Waals surface area contributed by atoms with Gasteiger partial charge in [-0.25, -0.2) is 0 Å². The van der Waals surface area contributed by atoms with Gasteiger partial charge in [0, 0.05) is 22.7 Å². The SMILES string of the molecule is CC(C)[C@H]1CC[C@]23C[C@@H]4[C@H](C)C(=O)[C@H]5O[C@]54[C@@]2(C)[C@@H](O)C(=O)[C@]13C. The van der Waals surface area contributed by atoms with E-state index in [1.54, 1.807) is 0 Å². The van der Waals surface area contributed by atoms with Gasteiger partial charge in [-0.05, 0) is 36.5 Å². The molecule has 9 atom stereocenters. The highest BCUT2D eigenvalue weighted by Gasteiger charge is 2.94. The maximum Gasteiger partial charge on any atom is 0.168 e. The molecule has 0 unspecified atom stereocenters. The van der Waals surface area contributed by atoms with Crippen LogP contribution in [0.25, 0.3) is 0 Å². The lowest BCUT2D eigenvalue weighted by atomic mass is 9.55. The first-order valence-corrected chi connectivity index (χ1v) is 9.55. The van der Waals surface area contributed by atoms with Gasteiger partial charge < -0.3 is 9.84 Å². The number of ketones is 2. The zero-order valence-corrected chi connectivity index (χ0v) is 15.3. The molecule has 5 fully saturated rings. The van der Waals surface area contributed by atoms with Crippen LogP contribution in [0, 0.1) is 39.9 Å². The molecule has 4 saturated carbocycles. The van der Waals surface area contributed by atoms with Crippen molar-refractivity contribution in [3.8, 4) is 0 Å². The van der Waals surface area contributed by atoms with E-state index >= 15 is 0 Å².